The maximum absolute atomic E-state index is 14.1. The van der Waals surface area contributed by atoms with Gasteiger partial charge in [0.1, 0.15) is 17.7 Å². The minimum Gasteiger partial charge on any atom is -0.473 e. The summed E-state index contributed by atoms with van der Waals surface area (Å²) in [4.78, 5) is 2.48. The molecule has 6 heteroatoms. The third kappa shape index (κ3) is 3.35. The highest BCUT2D eigenvalue weighted by atomic mass is 19.1. The molecule has 0 aliphatic carbocycles. The second-order valence-corrected chi connectivity index (χ2v) is 6.99. The van der Waals surface area contributed by atoms with E-state index in [0.29, 0.717) is 17.5 Å². The van der Waals surface area contributed by atoms with Crippen molar-refractivity contribution in [2.75, 3.05) is 19.6 Å². The summed E-state index contributed by atoms with van der Waals surface area (Å²) in [6.45, 7) is 4.86. The van der Waals surface area contributed by atoms with Crippen LogP contribution < -0.4 is 4.74 Å². The van der Waals surface area contributed by atoms with Crippen molar-refractivity contribution in [1.29, 1.82) is 0 Å². The highest BCUT2D eigenvalue weighted by Gasteiger charge is 2.33. The van der Waals surface area contributed by atoms with E-state index in [-0.39, 0.29) is 17.2 Å². The molecule has 4 rings (SSSR count). The van der Waals surface area contributed by atoms with E-state index in [4.69, 9.17) is 4.74 Å². The van der Waals surface area contributed by atoms with Gasteiger partial charge in [0.25, 0.3) is 0 Å². The lowest BCUT2D eigenvalue weighted by Gasteiger charge is -2.42. The van der Waals surface area contributed by atoms with Crippen LogP contribution in [-0.4, -0.2) is 40.8 Å². The summed E-state index contributed by atoms with van der Waals surface area (Å²) in [5, 5.41) is 8.11. The average molecular weight is 345 g/mol. The molecule has 2 bridgehead atoms. The Balaban J connectivity index is 1.50. The van der Waals surface area contributed by atoms with Crippen LogP contribution >= 0.6 is 0 Å². The molecule has 0 amide bonds. The van der Waals surface area contributed by atoms with Crippen molar-refractivity contribution in [2.24, 2.45) is 5.92 Å². The van der Waals surface area contributed by atoms with Gasteiger partial charge in [-0.1, -0.05) is 0 Å². The standard InChI is InChI=1S/C19H21F2N3O/c1-12-9-16(21)14(10-15(12)20)17-4-5-19(23-22-17)25-18-6-8-24-7-2-3-13(18)11-24/h4-5,9-10,13,18H,2-3,6-8,11H2,1H3/t13-,18-/m0/s1. The lowest BCUT2D eigenvalue weighted by atomic mass is 9.87. The van der Waals surface area contributed by atoms with Crippen LogP contribution in [0.25, 0.3) is 11.3 Å². The van der Waals surface area contributed by atoms with Crippen LogP contribution in [0.15, 0.2) is 24.3 Å². The molecule has 25 heavy (non-hydrogen) atoms. The summed E-state index contributed by atoms with van der Waals surface area (Å²) in [6, 6.07) is 5.65. The molecule has 0 spiro atoms. The number of hydrogen-bond donors (Lipinski definition) is 0. The van der Waals surface area contributed by atoms with Gasteiger partial charge >= 0.3 is 0 Å². The Morgan fingerprint density at radius 2 is 1.96 bits per heavy atom. The summed E-state index contributed by atoms with van der Waals surface area (Å²) in [5.74, 6) is 0.0208. The first-order valence-corrected chi connectivity index (χ1v) is 8.79. The van der Waals surface area contributed by atoms with Gasteiger partial charge in [0, 0.05) is 30.6 Å². The van der Waals surface area contributed by atoms with Gasteiger partial charge in [-0.05, 0) is 56.5 Å². The van der Waals surface area contributed by atoms with Crippen molar-refractivity contribution < 1.29 is 13.5 Å². The van der Waals surface area contributed by atoms with E-state index in [2.05, 4.69) is 15.1 Å². The minimum absolute atomic E-state index is 0.114. The van der Waals surface area contributed by atoms with Crippen LogP contribution in [0.5, 0.6) is 5.88 Å². The quantitative estimate of drug-likeness (QED) is 0.852. The molecule has 2 fully saturated rings. The normalized spacial score (nSPS) is 25.6. The zero-order valence-electron chi connectivity index (χ0n) is 14.2. The Morgan fingerprint density at radius 3 is 2.76 bits per heavy atom. The molecular formula is C19H21F2N3O. The highest BCUT2D eigenvalue weighted by Crippen LogP contribution is 2.30. The molecule has 2 saturated heterocycles. The molecule has 0 N–H and O–H groups in total. The number of rotatable bonds is 3. The molecule has 3 atom stereocenters. The first-order valence-electron chi connectivity index (χ1n) is 8.79. The maximum Gasteiger partial charge on any atom is 0.233 e. The molecular weight excluding hydrogens is 324 g/mol. The van der Waals surface area contributed by atoms with Crippen molar-refractivity contribution in [2.45, 2.75) is 32.3 Å². The van der Waals surface area contributed by atoms with Crippen LogP contribution in [0.2, 0.25) is 0 Å². The molecule has 1 aromatic carbocycles. The Kier molecular flexibility index (Phi) is 4.37. The lowest BCUT2D eigenvalue weighted by Crippen LogP contribution is -2.49. The zero-order valence-corrected chi connectivity index (χ0v) is 14.2. The van der Waals surface area contributed by atoms with E-state index in [9.17, 15) is 8.78 Å². The average Bonchev–Trinajstić information content (AvgIpc) is 2.62. The Hall–Kier alpha value is -2.08. The molecule has 4 nitrogen and oxygen atoms in total. The molecule has 2 aromatic rings. The molecule has 132 valence electrons. The predicted octanol–water partition coefficient (Wildman–Crippen LogP) is 3.59. The lowest BCUT2D eigenvalue weighted by molar-refractivity contribution is 0.0123. The molecule has 0 radical (unpaired) electrons. The van der Waals surface area contributed by atoms with Crippen LogP contribution in [0.1, 0.15) is 24.8 Å². The van der Waals surface area contributed by atoms with Gasteiger partial charge in [-0.15, -0.1) is 10.2 Å². The predicted molar refractivity (Wildman–Crippen MR) is 90.3 cm³/mol. The largest absolute Gasteiger partial charge is 0.473 e. The number of halogens is 2. The van der Waals surface area contributed by atoms with Gasteiger partial charge in [-0.2, -0.15) is 0 Å². The van der Waals surface area contributed by atoms with Crippen molar-refractivity contribution in [3.8, 4) is 17.1 Å². The molecule has 3 heterocycles. The second-order valence-electron chi connectivity index (χ2n) is 6.99. The van der Waals surface area contributed by atoms with Crippen LogP contribution in [0.3, 0.4) is 0 Å². The van der Waals surface area contributed by atoms with Crippen molar-refractivity contribution in [3.05, 3.63) is 41.5 Å². The molecule has 0 saturated carbocycles. The minimum atomic E-state index is -0.503. The van der Waals surface area contributed by atoms with E-state index >= 15 is 0 Å². The number of fused-ring (bicyclic) bond motifs is 2. The number of aromatic nitrogens is 2. The van der Waals surface area contributed by atoms with E-state index < -0.39 is 11.6 Å². The van der Waals surface area contributed by atoms with Gasteiger partial charge in [-0.3, -0.25) is 0 Å². The van der Waals surface area contributed by atoms with Crippen molar-refractivity contribution >= 4 is 0 Å². The van der Waals surface area contributed by atoms with Crippen LogP contribution in [-0.2, 0) is 0 Å². The summed E-state index contributed by atoms with van der Waals surface area (Å²) >= 11 is 0. The monoisotopic (exact) mass is 345 g/mol. The van der Waals surface area contributed by atoms with Gasteiger partial charge in [0.15, 0.2) is 0 Å². The number of nitrogens with zero attached hydrogens (tertiary/aromatic N) is 3. The van der Waals surface area contributed by atoms with E-state index in [1.54, 1.807) is 12.1 Å². The van der Waals surface area contributed by atoms with Gasteiger partial charge in [-0.25, -0.2) is 8.78 Å². The molecule has 2 aliphatic heterocycles. The number of aryl methyl sites for hydroxylation is 1. The second kappa shape index (κ2) is 6.67. The third-order valence-electron chi connectivity index (χ3n) is 5.23. The summed E-state index contributed by atoms with van der Waals surface area (Å²) in [6.07, 6.45) is 3.55. The van der Waals surface area contributed by atoms with Crippen LogP contribution in [0.4, 0.5) is 8.78 Å². The fraction of sp³-hybridized carbons (Fsp3) is 0.474. The number of benzene rings is 1. The first-order chi connectivity index (χ1) is 12.1. The van der Waals surface area contributed by atoms with E-state index in [0.717, 1.165) is 25.6 Å². The van der Waals surface area contributed by atoms with Gasteiger partial charge in [0.05, 0.1) is 5.69 Å². The SMILES string of the molecule is Cc1cc(F)c(-c2ccc(O[C@H]3CCN4CCC[C@H]3C4)nn2)cc1F. The number of hydrogen-bond acceptors (Lipinski definition) is 4. The van der Waals surface area contributed by atoms with Gasteiger partial charge < -0.3 is 9.64 Å². The third-order valence-corrected chi connectivity index (χ3v) is 5.23. The van der Waals surface area contributed by atoms with Gasteiger partial charge in [0.2, 0.25) is 5.88 Å². The first kappa shape index (κ1) is 16.4. The summed E-state index contributed by atoms with van der Waals surface area (Å²) < 4.78 is 33.8. The smallest absolute Gasteiger partial charge is 0.233 e. The molecule has 2 aliphatic rings. The fourth-order valence-electron chi connectivity index (χ4n) is 3.82. The van der Waals surface area contributed by atoms with Crippen molar-refractivity contribution in [3.63, 3.8) is 0 Å². The maximum atomic E-state index is 14.1. The highest BCUT2D eigenvalue weighted by molar-refractivity contribution is 5.60. The Bertz CT molecular complexity index is 766. The zero-order chi connectivity index (χ0) is 17.4. The topological polar surface area (TPSA) is 38.2 Å². The number of ether oxygens (including phenoxy) is 1. The molecule has 1 aromatic heterocycles. The van der Waals surface area contributed by atoms with Crippen molar-refractivity contribution in [1.82, 2.24) is 15.1 Å². The Labute approximate surface area is 145 Å². The summed E-state index contributed by atoms with van der Waals surface area (Å²) in [7, 11) is 0. The Morgan fingerprint density at radius 1 is 1.08 bits per heavy atom. The fourth-order valence-corrected chi connectivity index (χ4v) is 3.82. The number of piperidine rings is 2. The van der Waals surface area contributed by atoms with E-state index in [1.807, 2.05) is 0 Å². The summed E-state index contributed by atoms with van der Waals surface area (Å²) in [5.41, 5.74) is 0.687. The molecule has 1 unspecified atom stereocenters. The van der Waals surface area contributed by atoms with E-state index in [1.165, 1.54) is 32.4 Å². The van der Waals surface area contributed by atoms with Crippen LogP contribution in [0, 0.1) is 24.5 Å².